The number of nitrogens with two attached hydrogens (primary N) is 1. The first-order chi connectivity index (χ1) is 9.19. The summed E-state index contributed by atoms with van der Waals surface area (Å²) in [7, 11) is -6.12. The van der Waals surface area contributed by atoms with Crippen LogP contribution < -0.4 is 5.14 Å². The van der Waals surface area contributed by atoms with E-state index in [1.54, 1.807) is 0 Å². The Labute approximate surface area is 120 Å². The molecule has 114 valence electrons. The highest BCUT2D eigenvalue weighted by molar-refractivity contribution is 7.90. The SMILES string of the molecule is CCCCCN(C)S(=O)(=O)c1cccc(S(N)(=O)=O)c1. The van der Waals surface area contributed by atoms with Gasteiger partial charge in [0, 0.05) is 13.6 Å². The van der Waals surface area contributed by atoms with Gasteiger partial charge in [0.2, 0.25) is 20.0 Å². The zero-order valence-corrected chi connectivity index (χ0v) is 13.2. The van der Waals surface area contributed by atoms with Crippen LogP contribution in [0.1, 0.15) is 26.2 Å². The Kier molecular flexibility index (Phi) is 5.69. The van der Waals surface area contributed by atoms with Crippen molar-refractivity contribution in [3.63, 3.8) is 0 Å². The molecule has 0 aliphatic carbocycles. The van der Waals surface area contributed by atoms with Crippen molar-refractivity contribution < 1.29 is 16.8 Å². The molecule has 0 amide bonds. The predicted octanol–water partition coefficient (Wildman–Crippen LogP) is 1.14. The Morgan fingerprint density at radius 1 is 1.10 bits per heavy atom. The lowest BCUT2D eigenvalue weighted by Gasteiger charge is -2.17. The zero-order valence-electron chi connectivity index (χ0n) is 11.6. The quantitative estimate of drug-likeness (QED) is 0.762. The molecule has 0 aromatic heterocycles. The third-order valence-corrected chi connectivity index (χ3v) is 5.68. The molecule has 0 aliphatic heterocycles. The number of benzene rings is 1. The second kappa shape index (κ2) is 6.66. The van der Waals surface area contributed by atoms with Crippen molar-refractivity contribution in [2.24, 2.45) is 5.14 Å². The maximum atomic E-state index is 12.3. The van der Waals surface area contributed by atoms with E-state index >= 15 is 0 Å². The van der Waals surface area contributed by atoms with Crippen molar-refractivity contribution in [1.29, 1.82) is 0 Å². The molecule has 20 heavy (non-hydrogen) atoms. The Hall–Kier alpha value is -0.960. The van der Waals surface area contributed by atoms with E-state index in [-0.39, 0.29) is 9.79 Å². The van der Waals surface area contributed by atoms with Crippen LogP contribution >= 0.6 is 0 Å². The Bertz CT molecular complexity index is 654. The van der Waals surface area contributed by atoms with Crippen LogP contribution in [0.15, 0.2) is 34.1 Å². The van der Waals surface area contributed by atoms with Crippen LogP contribution in [-0.4, -0.2) is 34.7 Å². The number of sulfonamides is 2. The second-order valence-corrected chi connectivity index (χ2v) is 8.16. The van der Waals surface area contributed by atoms with E-state index in [0.717, 1.165) is 25.3 Å². The average Bonchev–Trinajstić information content (AvgIpc) is 2.38. The highest BCUT2D eigenvalue weighted by atomic mass is 32.2. The lowest BCUT2D eigenvalue weighted by atomic mass is 10.2. The summed E-state index contributed by atoms with van der Waals surface area (Å²) >= 11 is 0. The molecule has 0 unspecified atom stereocenters. The van der Waals surface area contributed by atoms with Crippen molar-refractivity contribution in [1.82, 2.24) is 4.31 Å². The van der Waals surface area contributed by atoms with E-state index in [1.807, 2.05) is 6.92 Å². The summed E-state index contributed by atoms with van der Waals surface area (Å²) < 4.78 is 48.3. The van der Waals surface area contributed by atoms with Crippen LogP contribution in [0.4, 0.5) is 0 Å². The summed E-state index contributed by atoms with van der Waals surface area (Å²) in [6, 6.07) is 5.08. The fraction of sp³-hybridized carbons (Fsp3) is 0.500. The van der Waals surface area contributed by atoms with Crippen LogP contribution in [0.3, 0.4) is 0 Å². The number of unbranched alkanes of at least 4 members (excludes halogenated alkanes) is 2. The van der Waals surface area contributed by atoms with Gasteiger partial charge in [-0.05, 0) is 24.6 Å². The van der Waals surface area contributed by atoms with E-state index in [2.05, 4.69) is 0 Å². The van der Waals surface area contributed by atoms with Crippen LogP contribution in [0.2, 0.25) is 0 Å². The van der Waals surface area contributed by atoms with Gasteiger partial charge in [-0.1, -0.05) is 25.8 Å². The summed E-state index contributed by atoms with van der Waals surface area (Å²) in [4.78, 5) is -0.274. The summed E-state index contributed by atoms with van der Waals surface area (Å²) in [6.45, 7) is 2.43. The molecule has 0 heterocycles. The molecule has 0 aliphatic rings. The molecular formula is C12H20N2O4S2. The van der Waals surface area contributed by atoms with Crippen molar-refractivity contribution >= 4 is 20.0 Å². The van der Waals surface area contributed by atoms with Crippen LogP contribution in [0.5, 0.6) is 0 Å². The lowest BCUT2D eigenvalue weighted by molar-refractivity contribution is 0.454. The highest BCUT2D eigenvalue weighted by Gasteiger charge is 2.21. The van der Waals surface area contributed by atoms with Gasteiger partial charge in [0.15, 0.2) is 0 Å². The molecule has 0 fully saturated rings. The fourth-order valence-corrected chi connectivity index (χ4v) is 3.59. The van der Waals surface area contributed by atoms with Crippen molar-refractivity contribution in [2.75, 3.05) is 13.6 Å². The Balaban J connectivity index is 3.04. The fourth-order valence-electron chi connectivity index (χ4n) is 1.70. The van der Waals surface area contributed by atoms with Gasteiger partial charge in [0.1, 0.15) is 0 Å². The third kappa shape index (κ3) is 4.27. The molecule has 0 radical (unpaired) electrons. The van der Waals surface area contributed by atoms with Gasteiger partial charge in [-0.2, -0.15) is 0 Å². The Morgan fingerprint density at radius 2 is 1.70 bits per heavy atom. The summed E-state index contributed by atoms with van der Waals surface area (Å²) in [6.07, 6.45) is 2.70. The maximum Gasteiger partial charge on any atom is 0.242 e. The molecule has 0 atom stereocenters. The van der Waals surface area contributed by atoms with E-state index in [1.165, 1.54) is 29.6 Å². The minimum atomic E-state index is -3.92. The van der Waals surface area contributed by atoms with Gasteiger partial charge >= 0.3 is 0 Å². The zero-order chi connectivity index (χ0) is 15.4. The minimum Gasteiger partial charge on any atom is -0.225 e. The molecule has 1 aromatic rings. The normalized spacial score (nSPS) is 12.8. The molecular weight excluding hydrogens is 300 g/mol. The predicted molar refractivity (Wildman–Crippen MR) is 77.2 cm³/mol. The molecule has 1 rings (SSSR count). The average molecular weight is 320 g/mol. The first-order valence-electron chi connectivity index (χ1n) is 6.29. The first kappa shape index (κ1) is 17.1. The monoisotopic (exact) mass is 320 g/mol. The van der Waals surface area contributed by atoms with E-state index in [4.69, 9.17) is 5.14 Å². The molecule has 0 saturated heterocycles. The van der Waals surface area contributed by atoms with Crippen molar-refractivity contribution in [3.8, 4) is 0 Å². The standard InChI is InChI=1S/C12H20N2O4S2/c1-3-4-5-9-14(2)20(17,18)12-8-6-7-11(10-12)19(13,15)16/h6-8,10H,3-5,9H2,1-2H3,(H2,13,15,16). The third-order valence-electron chi connectivity index (χ3n) is 2.92. The number of nitrogens with zero attached hydrogens (tertiary/aromatic N) is 1. The first-order valence-corrected chi connectivity index (χ1v) is 9.27. The van der Waals surface area contributed by atoms with Gasteiger partial charge in [-0.3, -0.25) is 0 Å². The van der Waals surface area contributed by atoms with E-state index in [0.29, 0.717) is 6.54 Å². The summed E-state index contributed by atoms with van der Waals surface area (Å²) in [5.41, 5.74) is 0. The van der Waals surface area contributed by atoms with Crippen LogP contribution in [-0.2, 0) is 20.0 Å². The smallest absolute Gasteiger partial charge is 0.225 e. The van der Waals surface area contributed by atoms with E-state index in [9.17, 15) is 16.8 Å². The van der Waals surface area contributed by atoms with Crippen molar-refractivity contribution in [2.45, 2.75) is 36.0 Å². The van der Waals surface area contributed by atoms with Gasteiger partial charge in [-0.15, -0.1) is 0 Å². The lowest BCUT2D eigenvalue weighted by Crippen LogP contribution is -2.28. The van der Waals surface area contributed by atoms with Gasteiger partial charge in [0.25, 0.3) is 0 Å². The highest BCUT2D eigenvalue weighted by Crippen LogP contribution is 2.18. The van der Waals surface area contributed by atoms with Crippen molar-refractivity contribution in [3.05, 3.63) is 24.3 Å². The topological polar surface area (TPSA) is 97.5 Å². The molecule has 6 nitrogen and oxygen atoms in total. The largest absolute Gasteiger partial charge is 0.242 e. The second-order valence-electron chi connectivity index (χ2n) is 4.55. The number of hydrogen-bond donors (Lipinski definition) is 1. The van der Waals surface area contributed by atoms with E-state index < -0.39 is 20.0 Å². The molecule has 1 aromatic carbocycles. The summed E-state index contributed by atoms with van der Waals surface area (Å²) in [5, 5.41) is 5.01. The number of hydrogen-bond acceptors (Lipinski definition) is 4. The maximum absolute atomic E-state index is 12.3. The molecule has 2 N–H and O–H groups in total. The molecule has 0 spiro atoms. The number of primary sulfonamides is 1. The van der Waals surface area contributed by atoms with Crippen LogP contribution in [0, 0.1) is 0 Å². The molecule has 0 bridgehead atoms. The van der Waals surface area contributed by atoms with Gasteiger partial charge < -0.3 is 0 Å². The Morgan fingerprint density at radius 3 is 2.25 bits per heavy atom. The van der Waals surface area contributed by atoms with Gasteiger partial charge in [0.05, 0.1) is 9.79 Å². The summed E-state index contributed by atoms with van der Waals surface area (Å²) in [5.74, 6) is 0. The number of rotatable bonds is 7. The molecule has 8 heteroatoms. The molecule has 0 saturated carbocycles. The van der Waals surface area contributed by atoms with Gasteiger partial charge in [-0.25, -0.2) is 26.3 Å². The minimum absolute atomic E-state index is 0.0666. The van der Waals surface area contributed by atoms with Crippen LogP contribution in [0.25, 0.3) is 0 Å².